The Hall–Kier alpha value is -1.68. The number of hydrogen-bond donors (Lipinski definition) is 1. The molecule has 1 aromatic carbocycles. The summed E-state index contributed by atoms with van der Waals surface area (Å²) in [5.41, 5.74) is 7.19. The number of carbonyl (C=O) groups excluding carboxylic acids is 1. The largest absolute Gasteiger partial charge is 0.397 e. The summed E-state index contributed by atoms with van der Waals surface area (Å²) in [4.78, 5) is 15.9. The van der Waals surface area contributed by atoms with Crippen LogP contribution in [0.5, 0.6) is 0 Å². The maximum atomic E-state index is 12.1. The number of halogens is 1. The molecule has 0 saturated heterocycles. The van der Waals surface area contributed by atoms with E-state index >= 15 is 0 Å². The Morgan fingerprint density at radius 2 is 1.88 bits per heavy atom. The van der Waals surface area contributed by atoms with Gasteiger partial charge in [0, 0.05) is 21.8 Å². The van der Waals surface area contributed by atoms with E-state index in [2.05, 4.69) is 20.9 Å². The Kier molecular flexibility index (Phi) is 3.01. The molecule has 2 N–H and O–H groups in total. The number of carbonyl (C=O) groups is 1. The average molecular weight is 277 g/mol. The van der Waals surface area contributed by atoms with E-state index in [1.807, 2.05) is 12.1 Å². The van der Waals surface area contributed by atoms with Gasteiger partial charge in [0.05, 0.1) is 11.9 Å². The maximum absolute atomic E-state index is 12.1. The SMILES string of the molecule is Nc1cnccc1C(=O)c1ccc(Br)cc1. The molecular weight excluding hydrogens is 268 g/mol. The van der Waals surface area contributed by atoms with Crippen molar-refractivity contribution in [1.29, 1.82) is 0 Å². The number of hydrogen-bond acceptors (Lipinski definition) is 3. The summed E-state index contributed by atoms with van der Waals surface area (Å²) >= 11 is 3.32. The maximum Gasteiger partial charge on any atom is 0.195 e. The molecule has 0 radical (unpaired) electrons. The Balaban J connectivity index is 2.40. The summed E-state index contributed by atoms with van der Waals surface area (Å²) in [7, 11) is 0. The summed E-state index contributed by atoms with van der Waals surface area (Å²) in [5.74, 6) is -0.0904. The molecule has 0 atom stereocenters. The number of anilines is 1. The lowest BCUT2D eigenvalue weighted by atomic mass is 10.0. The number of rotatable bonds is 2. The summed E-state index contributed by atoms with van der Waals surface area (Å²) in [6, 6.07) is 8.79. The van der Waals surface area contributed by atoms with E-state index in [1.54, 1.807) is 24.4 Å². The normalized spacial score (nSPS) is 10.1. The van der Waals surface area contributed by atoms with Crippen LogP contribution in [0.15, 0.2) is 47.2 Å². The molecule has 3 nitrogen and oxygen atoms in total. The van der Waals surface area contributed by atoms with Crippen LogP contribution < -0.4 is 5.73 Å². The number of nitrogen functional groups attached to an aromatic ring is 1. The van der Waals surface area contributed by atoms with Crippen molar-refractivity contribution in [3.05, 3.63) is 58.3 Å². The molecular formula is C12H9BrN2O. The summed E-state index contributed by atoms with van der Waals surface area (Å²) in [5, 5.41) is 0. The number of aromatic nitrogens is 1. The molecule has 0 saturated carbocycles. The van der Waals surface area contributed by atoms with Gasteiger partial charge in [0.2, 0.25) is 0 Å². The molecule has 0 amide bonds. The van der Waals surface area contributed by atoms with Crippen molar-refractivity contribution in [1.82, 2.24) is 4.98 Å². The van der Waals surface area contributed by atoms with Crippen LogP contribution in [0.4, 0.5) is 5.69 Å². The van der Waals surface area contributed by atoms with Crippen molar-refractivity contribution in [2.75, 3.05) is 5.73 Å². The topological polar surface area (TPSA) is 56.0 Å². The zero-order chi connectivity index (χ0) is 11.5. The minimum atomic E-state index is -0.0904. The van der Waals surface area contributed by atoms with E-state index < -0.39 is 0 Å². The van der Waals surface area contributed by atoms with Gasteiger partial charge in [-0.3, -0.25) is 9.78 Å². The number of nitrogens with zero attached hydrogens (tertiary/aromatic N) is 1. The molecule has 0 fully saturated rings. The third-order valence-electron chi connectivity index (χ3n) is 2.20. The van der Waals surface area contributed by atoms with Gasteiger partial charge in [-0.2, -0.15) is 0 Å². The second kappa shape index (κ2) is 4.45. The molecule has 1 heterocycles. The molecule has 0 bridgehead atoms. The highest BCUT2D eigenvalue weighted by Crippen LogP contribution is 2.17. The lowest BCUT2D eigenvalue weighted by molar-refractivity contribution is 0.103. The fraction of sp³-hybridized carbons (Fsp3) is 0. The van der Waals surface area contributed by atoms with Crippen LogP contribution >= 0.6 is 15.9 Å². The molecule has 80 valence electrons. The van der Waals surface area contributed by atoms with Crippen LogP contribution in [0.1, 0.15) is 15.9 Å². The summed E-state index contributed by atoms with van der Waals surface area (Å²) in [6.45, 7) is 0. The van der Waals surface area contributed by atoms with E-state index in [1.165, 1.54) is 6.20 Å². The van der Waals surface area contributed by atoms with Crippen LogP contribution in [-0.4, -0.2) is 10.8 Å². The van der Waals surface area contributed by atoms with Crippen molar-refractivity contribution < 1.29 is 4.79 Å². The second-order valence-corrected chi connectivity index (χ2v) is 4.21. The van der Waals surface area contributed by atoms with Crippen LogP contribution in [0.25, 0.3) is 0 Å². The fourth-order valence-corrected chi connectivity index (χ4v) is 1.63. The second-order valence-electron chi connectivity index (χ2n) is 3.30. The van der Waals surface area contributed by atoms with Crippen LogP contribution in [0.3, 0.4) is 0 Å². The van der Waals surface area contributed by atoms with Crippen LogP contribution in [-0.2, 0) is 0 Å². The lowest BCUT2D eigenvalue weighted by Gasteiger charge is -2.03. The van der Waals surface area contributed by atoms with Crippen molar-refractivity contribution in [2.24, 2.45) is 0 Å². The quantitative estimate of drug-likeness (QED) is 0.858. The van der Waals surface area contributed by atoms with Gasteiger partial charge in [-0.1, -0.05) is 15.9 Å². The van der Waals surface area contributed by atoms with Gasteiger partial charge in [-0.15, -0.1) is 0 Å². The monoisotopic (exact) mass is 276 g/mol. The fourth-order valence-electron chi connectivity index (χ4n) is 1.37. The first-order chi connectivity index (χ1) is 7.68. The van der Waals surface area contributed by atoms with Crippen LogP contribution in [0, 0.1) is 0 Å². The Morgan fingerprint density at radius 1 is 1.19 bits per heavy atom. The predicted octanol–water partition coefficient (Wildman–Crippen LogP) is 2.66. The standard InChI is InChI=1S/C12H9BrN2O/c13-9-3-1-8(2-4-9)12(16)10-5-6-15-7-11(10)14/h1-7H,14H2. The Morgan fingerprint density at radius 3 is 2.50 bits per heavy atom. The number of benzene rings is 1. The predicted molar refractivity (Wildman–Crippen MR) is 66.2 cm³/mol. The van der Waals surface area contributed by atoms with Gasteiger partial charge in [0.25, 0.3) is 0 Å². The van der Waals surface area contributed by atoms with E-state index in [0.29, 0.717) is 16.8 Å². The van der Waals surface area contributed by atoms with Gasteiger partial charge in [0.15, 0.2) is 5.78 Å². The zero-order valence-electron chi connectivity index (χ0n) is 8.35. The van der Waals surface area contributed by atoms with E-state index in [0.717, 1.165) is 4.47 Å². The number of ketones is 1. The molecule has 16 heavy (non-hydrogen) atoms. The molecule has 4 heteroatoms. The first kappa shape index (κ1) is 10.8. The highest BCUT2D eigenvalue weighted by atomic mass is 79.9. The third-order valence-corrected chi connectivity index (χ3v) is 2.73. The third kappa shape index (κ3) is 2.12. The number of pyridine rings is 1. The molecule has 0 spiro atoms. The molecule has 2 aromatic rings. The lowest BCUT2D eigenvalue weighted by Crippen LogP contribution is -2.05. The van der Waals surface area contributed by atoms with Gasteiger partial charge in [-0.25, -0.2) is 0 Å². The summed E-state index contributed by atoms with van der Waals surface area (Å²) in [6.07, 6.45) is 3.04. The molecule has 1 aromatic heterocycles. The first-order valence-electron chi connectivity index (χ1n) is 4.68. The highest BCUT2D eigenvalue weighted by Gasteiger charge is 2.11. The Labute approximate surface area is 101 Å². The van der Waals surface area contributed by atoms with Gasteiger partial charge in [0.1, 0.15) is 0 Å². The molecule has 0 aliphatic rings. The van der Waals surface area contributed by atoms with Crippen LogP contribution in [0.2, 0.25) is 0 Å². The van der Waals surface area contributed by atoms with Crippen molar-refractivity contribution in [3.8, 4) is 0 Å². The average Bonchev–Trinajstić information content (AvgIpc) is 2.30. The molecule has 0 aliphatic carbocycles. The smallest absolute Gasteiger partial charge is 0.195 e. The van der Waals surface area contributed by atoms with Gasteiger partial charge < -0.3 is 5.73 Å². The zero-order valence-corrected chi connectivity index (χ0v) is 9.94. The molecule has 2 rings (SSSR count). The molecule has 0 aliphatic heterocycles. The first-order valence-corrected chi connectivity index (χ1v) is 5.47. The molecule has 0 unspecified atom stereocenters. The minimum absolute atomic E-state index is 0.0904. The van der Waals surface area contributed by atoms with E-state index in [-0.39, 0.29) is 5.78 Å². The number of nitrogens with two attached hydrogens (primary N) is 1. The Bertz CT molecular complexity index is 523. The summed E-state index contributed by atoms with van der Waals surface area (Å²) < 4.78 is 0.937. The minimum Gasteiger partial charge on any atom is -0.397 e. The van der Waals surface area contributed by atoms with E-state index in [9.17, 15) is 4.79 Å². The highest BCUT2D eigenvalue weighted by molar-refractivity contribution is 9.10. The van der Waals surface area contributed by atoms with Gasteiger partial charge in [-0.05, 0) is 30.3 Å². The van der Waals surface area contributed by atoms with Crippen molar-refractivity contribution in [3.63, 3.8) is 0 Å². The van der Waals surface area contributed by atoms with Crippen molar-refractivity contribution in [2.45, 2.75) is 0 Å². The van der Waals surface area contributed by atoms with E-state index in [4.69, 9.17) is 5.73 Å². The van der Waals surface area contributed by atoms with Gasteiger partial charge >= 0.3 is 0 Å². The van der Waals surface area contributed by atoms with Crippen molar-refractivity contribution >= 4 is 27.4 Å².